The van der Waals surface area contributed by atoms with Crippen LogP contribution in [0.3, 0.4) is 0 Å². The molecular weight excluding hydrogens is 911 g/mol. The average molecular weight is 970 g/mol. The number of hydrogen-bond acceptors (Lipinski definition) is 4. The molecule has 2 aliphatic carbocycles. The molecule has 0 radical (unpaired) electrons. The van der Waals surface area contributed by atoms with E-state index in [1.54, 1.807) is 0 Å². The third-order valence-corrected chi connectivity index (χ3v) is 14.6. The quantitative estimate of drug-likeness (QED) is 0.0898. The maximum absolute atomic E-state index is 6.20. The lowest BCUT2D eigenvalue weighted by molar-refractivity contribution is 0.306. The number of hydrogen-bond donors (Lipinski definition) is 0. The van der Waals surface area contributed by atoms with Crippen LogP contribution in [0, 0.1) is 0 Å². The maximum atomic E-state index is 6.20. The summed E-state index contributed by atoms with van der Waals surface area (Å²) >= 11 is 0. The molecule has 364 valence electrons. The van der Waals surface area contributed by atoms with Gasteiger partial charge in [-0.15, -0.1) is 0 Å². The van der Waals surface area contributed by atoms with E-state index in [0.717, 1.165) is 86.2 Å². The molecule has 10 aromatic rings. The van der Waals surface area contributed by atoms with Gasteiger partial charge >= 0.3 is 0 Å². The van der Waals surface area contributed by atoms with Crippen molar-refractivity contribution >= 4 is 75.5 Å². The summed E-state index contributed by atoms with van der Waals surface area (Å²) in [6.45, 7) is 0.519. The minimum atomic E-state index is 0.519. The Morgan fingerprint density at radius 2 is 0.573 bits per heavy atom. The lowest BCUT2D eigenvalue weighted by Gasteiger charge is -2.26. The molecule has 0 unspecified atom stereocenters. The second-order valence-corrected chi connectivity index (χ2v) is 19.6. The first kappa shape index (κ1) is 46.9. The fraction of sp³-hybridized carbons (Fsp3) is 0.0986. The van der Waals surface area contributed by atoms with Crippen molar-refractivity contribution in [1.29, 1.82) is 0 Å². The van der Waals surface area contributed by atoms with E-state index >= 15 is 0 Å². The van der Waals surface area contributed by atoms with Gasteiger partial charge < -0.3 is 19.4 Å². The molecule has 0 aromatic heterocycles. The van der Waals surface area contributed by atoms with Gasteiger partial charge in [-0.2, -0.15) is 0 Å². The summed E-state index contributed by atoms with van der Waals surface area (Å²) in [5.41, 5.74) is 21.8. The maximum Gasteiger partial charge on any atom is 0.119 e. The Kier molecular flexibility index (Phi) is 13.7. The molecule has 4 heteroatoms. The Balaban J connectivity index is 0.771. The molecule has 12 rings (SSSR count). The molecule has 0 saturated heterocycles. The van der Waals surface area contributed by atoms with Crippen LogP contribution in [0.2, 0.25) is 0 Å². The third-order valence-electron chi connectivity index (χ3n) is 14.6. The highest BCUT2D eigenvalue weighted by Crippen LogP contribution is 2.40. The number of aryl methyl sites for hydroxylation is 4. The minimum absolute atomic E-state index is 0.519. The first-order valence-corrected chi connectivity index (χ1v) is 26.4. The lowest BCUT2D eigenvalue weighted by atomic mass is 10.1. The van der Waals surface area contributed by atoms with Gasteiger partial charge in [-0.1, -0.05) is 152 Å². The zero-order chi connectivity index (χ0) is 50.2. The smallest absolute Gasteiger partial charge is 0.119 e. The third kappa shape index (κ3) is 10.8. The van der Waals surface area contributed by atoms with E-state index in [4.69, 9.17) is 4.74 Å². The van der Waals surface area contributed by atoms with Crippen LogP contribution in [0.1, 0.15) is 62.9 Å². The van der Waals surface area contributed by atoms with Crippen LogP contribution in [0.15, 0.2) is 249 Å². The first-order chi connectivity index (χ1) is 37.1. The van der Waals surface area contributed by atoms with Crippen LogP contribution in [-0.4, -0.2) is 0 Å². The summed E-state index contributed by atoms with van der Waals surface area (Å²) in [6.07, 6.45) is 15.9. The van der Waals surface area contributed by atoms with Gasteiger partial charge in [-0.05, 0) is 210 Å². The second-order valence-electron chi connectivity index (χ2n) is 19.6. The molecule has 10 aromatic carbocycles. The standard InChI is InChI=1S/C71H59N3O/c1-4-12-57(13-5-1)52-75-71-48-46-68(47-49-71)72(64-36-26-53(27-37-64)22-24-55-30-40-66(41-31-55)73(62-18-6-2-7-19-62)69-44-34-58-14-10-16-60(58)50-69)65-38-28-54(29-39-65)23-25-56-32-42-67(43-33-56)74(63-20-8-3-9-21-63)70-45-35-59-15-11-17-61(59)51-70/h1-9,12-13,18-51H,10-11,14-17,52H2. The normalized spacial score (nSPS) is 12.7. The number of nitrogens with zero attached hydrogens (tertiary/aromatic N) is 3. The zero-order valence-electron chi connectivity index (χ0n) is 42.2. The number of fused-ring (bicyclic) bond motifs is 2. The largest absolute Gasteiger partial charge is 0.489 e. The van der Waals surface area contributed by atoms with Gasteiger partial charge in [-0.25, -0.2) is 0 Å². The molecule has 0 aliphatic heterocycles. The molecule has 0 atom stereocenters. The Labute approximate surface area is 442 Å². The molecule has 4 nitrogen and oxygen atoms in total. The Morgan fingerprint density at radius 3 is 0.947 bits per heavy atom. The Morgan fingerprint density at radius 1 is 0.280 bits per heavy atom. The zero-order valence-corrected chi connectivity index (χ0v) is 42.2. The molecule has 0 fully saturated rings. The summed E-state index contributed by atoms with van der Waals surface area (Å²) in [5.74, 6) is 0.830. The summed E-state index contributed by atoms with van der Waals surface area (Å²) in [6, 6.07) is 89.4. The van der Waals surface area contributed by atoms with Crippen molar-refractivity contribution in [2.24, 2.45) is 0 Å². The number of ether oxygens (including phenoxy) is 1. The van der Waals surface area contributed by atoms with Gasteiger partial charge in [0.15, 0.2) is 0 Å². The highest BCUT2D eigenvalue weighted by Gasteiger charge is 2.19. The Bertz CT molecular complexity index is 3350. The van der Waals surface area contributed by atoms with Crippen LogP contribution in [0.4, 0.5) is 51.2 Å². The SMILES string of the molecule is C(=Cc1ccc(N(c2ccccc2)c2ccc3c(c2)CCC3)cc1)c1ccc(N(c2ccc(C=Cc3ccc(N(c4ccccc4)c4ccc5c(c4)CCC5)cc3)cc2)c2ccc(OCc3ccccc3)cc2)cc1. The summed E-state index contributed by atoms with van der Waals surface area (Å²) in [5, 5.41) is 0. The van der Waals surface area contributed by atoms with E-state index in [-0.39, 0.29) is 0 Å². The predicted octanol–water partition coefficient (Wildman–Crippen LogP) is 19.0. The summed E-state index contributed by atoms with van der Waals surface area (Å²) in [4.78, 5) is 7.03. The molecule has 0 spiro atoms. The van der Waals surface area contributed by atoms with Crippen LogP contribution in [0.25, 0.3) is 24.3 Å². The monoisotopic (exact) mass is 969 g/mol. The number of benzene rings is 10. The van der Waals surface area contributed by atoms with Crippen molar-refractivity contribution in [3.63, 3.8) is 0 Å². The van der Waals surface area contributed by atoms with E-state index in [0.29, 0.717) is 6.61 Å². The molecular formula is C71H59N3O. The molecule has 0 heterocycles. The Hall–Kier alpha value is -9.12. The number of rotatable bonds is 16. The van der Waals surface area contributed by atoms with Crippen LogP contribution in [-0.2, 0) is 32.3 Å². The van der Waals surface area contributed by atoms with Gasteiger partial charge in [0.05, 0.1) is 0 Å². The number of anilines is 9. The van der Waals surface area contributed by atoms with Crippen LogP contribution >= 0.6 is 0 Å². The van der Waals surface area contributed by atoms with Crippen molar-refractivity contribution in [3.8, 4) is 5.75 Å². The van der Waals surface area contributed by atoms with Crippen molar-refractivity contribution in [3.05, 3.63) is 299 Å². The molecule has 0 amide bonds. The number of para-hydroxylation sites is 2. The van der Waals surface area contributed by atoms with E-state index < -0.39 is 0 Å². The fourth-order valence-electron chi connectivity index (χ4n) is 10.6. The van der Waals surface area contributed by atoms with E-state index in [1.807, 2.05) is 18.2 Å². The first-order valence-electron chi connectivity index (χ1n) is 26.4. The molecule has 2 aliphatic rings. The van der Waals surface area contributed by atoms with Crippen LogP contribution < -0.4 is 19.4 Å². The van der Waals surface area contributed by atoms with Crippen LogP contribution in [0.5, 0.6) is 5.75 Å². The topological polar surface area (TPSA) is 19.0 Å². The fourth-order valence-corrected chi connectivity index (χ4v) is 10.6. The van der Waals surface area contributed by atoms with E-state index in [1.165, 1.54) is 59.3 Å². The van der Waals surface area contributed by atoms with E-state index in [9.17, 15) is 0 Å². The molecule has 0 N–H and O–H groups in total. The van der Waals surface area contributed by atoms with Gasteiger partial charge in [-0.3, -0.25) is 0 Å². The predicted molar refractivity (Wildman–Crippen MR) is 316 cm³/mol. The summed E-state index contributed by atoms with van der Waals surface area (Å²) < 4.78 is 6.20. The van der Waals surface area contributed by atoms with Crippen molar-refractivity contribution in [2.45, 2.75) is 45.1 Å². The average Bonchev–Trinajstić information content (AvgIpc) is 4.16. The highest BCUT2D eigenvalue weighted by molar-refractivity contribution is 5.83. The molecule has 0 bridgehead atoms. The van der Waals surface area contributed by atoms with E-state index in [2.05, 4.69) is 270 Å². The van der Waals surface area contributed by atoms with Crippen molar-refractivity contribution < 1.29 is 4.74 Å². The summed E-state index contributed by atoms with van der Waals surface area (Å²) in [7, 11) is 0. The van der Waals surface area contributed by atoms with Gasteiger partial charge in [0, 0.05) is 51.2 Å². The molecule has 0 saturated carbocycles. The van der Waals surface area contributed by atoms with Gasteiger partial charge in [0.2, 0.25) is 0 Å². The van der Waals surface area contributed by atoms with Crippen molar-refractivity contribution in [1.82, 2.24) is 0 Å². The van der Waals surface area contributed by atoms with Gasteiger partial charge in [0.1, 0.15) is 12.4 Å². The highest BCUT2D eigenvalue weighted by atomic mass is 16.5. The van der Waals surface area contributed by atoms with Gasteiger partial charge in [0.25, 0.3) is 0 Å². The molecule has 75 heavy (non-hydrogen) atoms. The minimum Gasteiger partial charge on any atom is -0.489 e. The van der Waals surface area contributed by atoms with Crippen molar-refractivity contribution in [2.75, 3.05) is 14.7 Å². The lowest BCUT2D eigenvalue weighted by Crippen LogP contribution is -2.10. The second kappa shape index (κ2) is 21.9.